The predicted molar refractivity (Wildman–Crippen MR) is 128 cm³/mol. The van der Waals surface area contributed by atoms with Crippen LogP contribution in [-0.2, 0) is 16.6 Å². The standard InChI is InChI=1S/C25H19ClN2O4S/c26-23-15-21(19-9-5-2-6-10-19)16-27-24(23)28(17-18-7-3-1-4-8-18)33(31,32)22-13-11-20(12-14-22)25(29)30/h1-16H,17H2,(H,29,30). The minimum Gasteiger partial charge on any atom is -0.478 e. The van der Waals surface area contributed by atoms with Crippen LogP contribution in [0.25, 0.3) is 11.1 Å². The molecule has 0 bridgehead atoms. The first-order chi connectivity index (χ1) is 15.9. The Morgan fingerprint density at radius 2 is 1.48 bits per heavy atom. The van der Waals surface area contributed by atoms with Crippen LogP contribution in [0, 0.1) is 0 Å². The van der Waals surface area contributed by atoms with E-state index in [0.717, 1.165) is 21.0 Å². The summed E-state index contributed by atoms with van der Waals surface area (Å²) >= 11 is 6.55. The highest BCUT2D eigenvalue weighted by molar-refractivity contribution is 7.92. The van der Waals surface area contributed by atoms with Gasteiger partial charge in [0, 0.05) is 11.8 Å². The van der Waals surface area contributed by atoms with Gasteiger partial charge in [-0.25, -0.2) is 22.5 Å². The third-order valence-electron chi connectivity index (χ3n) is 5.02. The van der Waals surface area contributed by atoms with Crippen molar-refractivity contribution in [2.45, 2.75) is 11.4 Å². The maximum atomic E-state index is 13.6. The summed E-state index contributed by atoms with van der Waals surface area (Å²) in [6, 6.07) is 25.3. The van der Waals surface area contributed by atoms with Gasteiger partial charge in [0.2, 0.25) is 0 Å². The molecule has 0 fully saturated rings. The van der Waals surface area contributed by atoms with Gasteiger partial charge in [-0.1, -0.05) is 72.3 Å². The molecule has 1 heterocycles. The monoisotopic (exact) mass is 478 g/mol. The molecule has 0 amide bonds. The molecule has 0 unspecified atom stereocenters. The van der Waals surface area contributed by atoms with E-state index in [-0.39, 0.29) is 27.8 Å². The first kappa shape index (κ1) is 22.5. The molecule has 0 saturated carbocycles. The second-order valence-corrected chi connectivity index (χ2v) is 9.49. The van der Waals surface area contributed by atoms with Crippen LogP contribution in [0.3, 0.4) is 0 Å². The van der Waals surface area contributed by atoms with E-state index in [1.165, 1.54) is 24.3 Å². The number of benzene rings is 3. The molecule has 0 aliphatic heterocycles. The number of halogens is 1. The van der Waals surface area contributed by atoms with Crippen LogP contribution in [0.5, 0.6) is 0 Å². The Balaban J connectivity index is 1.79. The number of sulfonamides is 1. The molecule has 6 nitrogen and oxygen atoms in total. The number of pyridine rings is 1. The van der Waals surface area contributed by atoms with E-state index in [4.69, 9.17) is 16.7 Å². The largest absolute Gasteiger partial charge is 0.478 e. The molecule has 0 saturated heterocycles. The molecule has 4 aromatic rings. The first-order valence-electron chi connectivity index (χ1n) is 9.97. The van der Waals surface area contributed by atoms with Gasteiger partial charge in [-0.15, -0.1) is 0 Å². The zero-order valence-electron chi connectivity index (χ0n) is 17.3. The lowest BCUT2D eigenvalue weighted by Gasteiger charge is -2.25. The second-order valence-electron chi connectivity index (χ2n) is 7.22. The van der Waals surface area contributed by atoms with E-state index in [2.05, 4.69) is 4.98 Å². The van der Waals surface area contributed by atoms with E-state index < -0.39 is 16.0 Å². The van der Waals surface area contributed by atoms with Gasteiger partial charge in [0.1, 0.15) is 0 Å². The van der Waals surface area contributed by atoms with Crippen molar-refractivity contribution < 1.29 is 18.3 Å². The van der Waals surface area contributed by atoms with Crippen molar-refractivity contribution in [2.75, 3.05) is 4.31 Å². The molecular weight excluding hydrogens is 460 g/mol. The topological polar surface area (TPSA) is 87.6 Å². The van der Waals surface area contributed by atoms with Crippen molar-refractivity contribution in [2.24, 2.45) is 0 Å². The van der Waals surface area contributed by atoms with E-state index in [1.54, 1.807) is 12.3 Å². The summed E-state index contributed by atoms with van der Waals surface area (Å²) in [5, 5.41) is 9.31. The molecule has 0 aliphatic carbocycles. The molecule has 4 rings (SSSR count). The van der Waals surface area contributed by atoms with Crippen LogP contribution in [-0.4, -0.2) is 24.5 Å². The average molecular weight is 479 g/mol. The van der Waals surface area contributed by atoms with E-state index in [1.807, 2.05) is 60.7 Å². The fourth-order valence-electron chi connectivity index (χ4n) is 3.32. The van der Waals surface area contributed by atoms with Crippen LogP contribution in [0.2, 0.25) is 5.02 Å². The highest BCUT2D eigenvalue weighted by Gasteiger charge is 2.28. The second kappa shape index (κ2) is 9.44. The van der Waals surface area contributed by atoms with Gasteiger partial charge in [0.05, 0.1) is 22.0 Å². The number of carboxylic acid groups (broad SMARTS) is 1. The Kier molecular flexibility index (Phi) is 6.44. The Hall–Kier alpha value is -3.68. The smallest absolute Gasteiger partial charge is 0.335 e. The molecule has 0 aliphatic rings. The van der Waals surface area contributed by atoms with Crippen LogP contribution in [0.4, 0.5) is 5.82 Å². The predicted octanol–water partition coefficient (Wildman–Crippen LogP) is 5.50. The van der Waals surface area contributed by atoms with Crippen LogP contribution >= 0.6 is 11.6 Å². The minimum absolute atomic E-state index is 0.00125. The zero-order valence-corrected chi connectivity index (χ0v) is 18.9. The zero-order chi connectivity index (χ0) is 23.4. The first-order valence-corrected chi connectivity index (χ1v) is 11.8. The quantitative estimate of drug-likeness (QED) is 0.379. The molecule has 1 N–H and O–H groups in total. The van der Waals surface area contributed by atoms with Crippen molar-refractivity contribution in [3.63, 3.8) is 0 Å². The maximum Gasteiger partial charge on any atom is 0.335 e. The Morgan fingerprint density at radius 3 is 2.06 bits per heavy atom. The molecular formula is C25H19ClN2O4S. The van der Waals surface area contributed by atoms with E-state index in [9.17, 15) is 13.2 Å². The SMILES string of the molecule is O=C(O)c1ccc(S(=O)(=O)N(Cc2ccccc2)c2ncc(-c3ccccc3)cc2Cl)cc1. The van der Waals surface area contributed by atoms with Crippen molar-refractivity contribution in [1.29, 1.82) is 0 Å². The molecule has 3 aromatic carbocycles. The number of rotatable bonds is 7. The molecule has 0 spiro atoms. The molecule has 0 radical (unpaired) electrons. The third kappa shape index (κ3) is 4.89. The number of aromatic nitrogens is 1. The highest BCUT2D eigenvalue weighted by atomic mass is 35.5. The lowest BCUT2D eigenvalue weighted by Crippen LogP contribution is -2.31. The Labute approximate surface area is 196 Å². The summed E-state index contributed by atoms with van der Waals surface area (Å²) < 4.78 is 28.3. The summed E-state index contributed by atoms with van der Waals surface area (Å²) in [5.74, 6) is -1.05. The lowest BCUT2D eigenvalue weighted by atomic mass is 10.1. The Morgan fingerprint density at radius 1 is 0.879 bits per heavy atom. The van der Waals surface area contributed by atoms with Gasteiger partial charge >= 0.3 is 5.97 Å². The molecule has 1 aromatic heterocycles. The average Bonchev–Trinajstić information content (AvgIpc) is 2.84. The number of anilines is 1. The number of carboxylic acids is 1. The van der Waals surface area contributed by atoms with Crippen LogP contribution in [0.1, 0.15) is 15.9 Å². The number of hydrogen-bond acceptors (Lipinski definition) is 4. The number of aromatic carboxylic acids is 1. The fraction of sp³-hybridized carbons (Fsp3) is 0.0400. The van der Waals surface area contributed by atoms with Gasteiger partial charge in [0.25, 0.3) is 10.0 Å². The molecule has 0 atom stereocenters. The number of carbonyl (C=O) groups is 1. The maximum absolute atomic E-state index is 13.6. The van der Waals surface area contributed by atoms with Gasteiger partial charge in [0.15, 0.2) is 5.82 Å². The fourth-order valence-corrected chi connectivity index (χ4v) is 5.07. The number of hydrogen-bond donors (Lipinski definition) is 1. The molecule has 33 heavy (non-hydrogen) atoms. The highest BCUT2D eigenvalue weighted by Crippen LogP contribution is 2.33. The van der Waals surface area contributed by atoms with Crippen molar-refractivity contribution in [3.8, 4) is 11.1 Å². The summed E-state index contributed by atoms with van der Waals surface area (Å²) in [4.78, 5) is 15.5. The third-order valence-corrected chi connectivity index (χ3v) is 7.05. The number of nitrogens with zero attached hydrogens (tertiary/aromatic N) is 2. The molecule has 166 valence electrons. The van der Waals surface area contributed by atoms with Gasteiger partial charge < -0.3 is 5.11 Å². The summed E-state index contributed by atoms with van der Waals surface area (Å²) in [6.45, 7) is 0.00125. The van der Waals surface area contributed by atoms with E-state index >= 15 is 0 Å². The van der Waals surface area contributed by atoms with Gasteiger partial charge in [-0.05, 0) is 41.5 Å². The molecule has 8 heteroatoms. The lowest BCUT2D eigenvalue weighted by molar-refractivity contribution is 0.0696. The van der Waals surface area contributed by atoms with Crippen LogP contribution in [0.15, 0.2) is 102 Å². The van der Waals surface area contributed by atoms with Crippen molar-refractivity contribution in [1.82, 2.24) is 4.98 Å². The normalized spacial score (nSPS) is 11.2. The van der Waals surface area contributed by atoms with Gasteiger partial charge in [-0.3, -0.25) is 0 Å². The van der Waals surface area contributed by atoms with E-state index in [0.29, 0.717) is 0 Å². The summed E-state index contributed by atoms with van der Waals surface area (Å²) in [5.41, 5.74) is 2.40. The van der Waals surface area contributed by atoms with Crippen molar-refractivity contribution in [3.05, 3.63) is 113 Å². The summed E-state index contributed by atoms with van der Waals surface area (Å²) in [6.07, 6.45) is 1.58. The summed E-state index contributed by atoms with van der Waals surface area (Å²) in [7, 11) is -4.10. The minimum atomic E-state index is -4.10. The van der Waals surface area contributed by atoms with Gasteiger partial charge in [-0.2, -0.15) is 0 Å². The Bertz CT molecular complexity index is 1380. The van der Waals surface area contributed by atoms with Crippen LogP contribution < -0.4 is 4.31 Å². The van der Waals surface area contributed by atoms with Crippen molar-refractivity contribution >= 4 is 33.4 Å².